The lowest BCUT2D eigenvalue weighted by Crippen LogP contribution is -2.44. The molecule has 0 bridgehead atoms. The van der Waals surface area contributed by atoms with Gasteiger partial charge in [-0.05, 0) is 97.9 Å². The standard InChI is InChI=1S/C26H27FIN5O3/c27-16-12-22(26(29-15-16)36-21-6-3-4-17(28)13-21)24(34)30-18-7-9-19(10-8-18)31-25(35)23-14-20-5-1-2-11-33(20)32-23/h3-4,6,12-15,18-19H,1-2,5,7-11H2,(H,30,34)(H,31,35)/t18-,19-. The van der Waals surface area contributed by atoms with Gasteiger partial charge in [0.2, 0.25) is 5.88 Å². The quantitative estimate of drug-likeness (QED) is 0.401. The molecule has 5 rings (SSSR count). The van der Waals surface area contributed by atoms with Gasteiger partial charge < -0.3 is 15.4 Å². The number of aromatic nitrogens is 3. The second-order valence-corrected chi connectivity index (χ2v) is 10.5. The monoisotopic (exact) mass is 603 g/mol. The van der Waals surface area contributed by atoms with Crippen LogP contribution in [0, 0.1) is 9.39 Å². The molecule has 1 aliphatic carbocycles. The molecule has 0 unspecified atom stereocenters. The zero-order valence-corrected chi connectivity index (χ0v) is 21.8. The van der Waals surface area contributed by atoms with Crippen LogP contribution in [0.3, 0.4) is 0 Å². The smallest absolute Gasteiger partial charge is 0.272 e. The van der Waals surface area contributed by atoms with E-state index < -0.39 is 11.7 Å². The highest BCUT2D eigenvalue weighted by Crippen LogP contribution is 2.26. The van der Waals surface area contributed by atoms with Crippen LogP contribution in [-0.2, 0) is 13.0 Å². The average molecular weight is 603 g/mol. The van der Waals surface area contributed by atoms with Crippen molar-refractivity contribution in [2.45, 2.75) is 63.6 Å². The molecule has 0 radical (unpaired) electrons. The molecule has 188 valence electrons. The summed E-state index contributed by atoms with van der Waals surface area (Å²) in [4.78, 5) is 29.7. The third kappa shape index (κ3) is 5.85. The van der Waals surface area contributed by atoms with Crippen molar-refractivity contribution in [2.24, 2.45) is 0 Å². The number of rotatable bonds is 6. The van der Waals surface area contributed by atoms with Gasteiger partial charge >= 0.3 is 0 Å². The summed E-state index contributed by atoms with van der Waals surface area (Å²) in [5.74, 6) is -0.613. The Labute approximate surface area is 222 Å². The van der Waals surface area contributed by atoms with Crippen LogP contribution in [0.25, 0.3) is 0 Å². The predicted molar refractivity (Wildman–Crippen MR) is 140 cm³/mol. The lowest BCUT2D eigenvalue weighted by Gasteiger charge is -2.29. The molecule has 3 aromatic rings. The first-order chi connectivity index (χ1) is 17.4. The van der Waals surface area contributed by atoms with Crippen LogP contribution < -0.4 is 15.4 Å². The number of nitrogens with zero attached hydrogens (tertiary/aromatic N) is 3. The lowest BCUT2D eigenvalue weighted by molar-refractivity contribution is 0.0887. The fraction of sp³-hybridized carbons (Fsp3) is 0.385. The van der Waals surface area contributed by atoms with Crippen LogP contribution in [0.4, 0.5) is 4.39 Å². The minimum Gasteiger partial charge on any atom is -0.438 e. The molecule has 0 atom stereocenters. The van der Waals surface area contributed by atoms with Crippen molar-refractivity contribution < 1.29 is 18.7 Å². The Morgan fingerprint density at radius 2 is 1.78 bits per heavy atom. The summed E-state index contributed by atoms with van der Waals surface area (Å²) in [5, 5.41) is 10.5. The van der Waals surface area contributed by atoms with E-state index in [4.69, 9.17) is 4.74 Å². The number of ether oxygens (including phenoxy) is 1. The Morgan fingerprint density at radius 1 is 1.03 bits per heavy atom. The SMILES string of the molecule is O=C(N[C@H]1CC[C@H](NC(=O)c2cc(F)cnc2Oc2cccc(I)c2)CC1)c1cc2n(n1)CCCC2. The second-order valence-electron chi connectivity index (χ2n) is 9.26. The van der Waals surface area contributed by atoms with Crippen molar-refractivity contribution in [3.05, 3.63) is 68.9 Å². The minimum atomic E-state index is -0.609. The van der Waals surface area contributed by atoms with Gasteiger partial charge in [-0.25, -0.2) is 9.37 Å². The van der Waals surface area contributed by atoms with Crippen LogP contribution in [0.2, 0.25) is 0 Å². The lowest BCUT2D eigenvalue weighted by atomic mass is 9.91. The molecular weight excluding hydrogens is 576 g/mol. The van der Waals surface area contributed by atoms with E-state index in [1.807, 2.05) is 28.9 Å². The number of benzene rings is 1. The molecule has 2 N–H and O–H groups in total. The molecule has 0 spiro atoms. The molecule has 1 fully saturated rings. The third-order valence-corrected chi connectivity index (χ3v) is 7.29. The average Bonchev–Trinajstić information content (AvgIpc) is 3.31. The maximum Gasteiger partial charge on any atom is 0.272 e. The maximum absolute atomic E-state index is 13.9. The van der Waals surface area contributed by atoms with E-state index in [2.05, 4.69) is 43.3 Å². The summed E-state index contributed by atoms with van der Waals surface area (Å²) in [6.45, 7) is 0.867. The van der Waals surface area contributed by atoms with E-state index in [0.717, 1.165) is 60.2 Å². The highest BCUT2D eigenvalue weighted by Gasteiger charge is 2.27. The molecule has 1 aromatic carbocycles. The number of hydrogen-bond donors (Lipinski definition) is 2. The Hall–Kier alpha value is -3.02. The molecule has 36 heavy (non-hydrogen) atoms. The van der Waals surface area contributed by atoms with Crippen LogP contribution in [-0.4, -0.2) is 38.7 Å². The molecule has 8 nitrogen and oxygen atoms in total. The van der Waals surface area contributed by atoms with E-state index in [9.17, 15) is 14.0 Å². The van der Waals surface area contributed by atoms with Crippen molar-refractivity contribution in [1.29, 1.82) is 0 Å². The fourth-order valence-electron chi connectivity index (χ4n) is 4.75. The number of fused-ring (bicyclic) bond motifs is 1. The van der Waals surface area contributed by atoms with Crippen LogP contribution in [0.5, 0.6) is 11.6 Å². The summed E-state index contributed by atoms with van der Waals surface area (Å²) < 4.78 is 22.6. The fourth-order valence-corrected chi connectivity index (χ4v) is 5.26. The van der Waals surface area contributed by atoms with Gasteiger partial charge in [0.25, 0.3) is 11.8 Å². The third-order valence-electron chi connectivity index (χ3n) is 6.62. The summed E-state index contributed by atoms with van der Waals surface area (Å²) >= 11 is 2.16. The van der Waals surface area contributed by atoms with E-state index in [0.29, 0.717) is 24.3 Å². The first kappa shape index (κ1) is 24.7. The number of amides is 2. The first-order valence-electron chi connectivity index (χ1n) is 12.2. The number of aryl methyl sites for hydroxylation is 2. The topological polar surface area (TPSA) is 98.1 Å². The van der Waals surface area contributed by atoms with Gasteiger partial charge in [-0.15, -0.1) is 0 Å². The molecule has 1 saturated carbocycles. The van der Waals surface area contributed by atoms with E-state index >= 15 is 0 Å². The largest absolute Gasteiger partial charge is 0.438 e. The Kier molecular flexibility index (Phi) is 7.49. The second kappa shape index (κ2) is 10.9. The Morgan fingerprint density at radius 3 is 2.50 bits per heavy atom. The summed E-state index contributed by atoms with van der Waals surface area (Å²) in [7, 11) is 0. The molecule has 0 saturated heterocycles. The number of nitrogens with one attached hydrogen (secondary N) is 2. The molecular formula is C26H27FIN5O3. The summed E-state index contributed by atoms with van der Waals surface area (Å²) in [6, 6.07) is 10.3. The van der Waals surface area contributed by atoms with Gasteiger partial charge in [-0.1, -0.05) is 6.07 Å². The van der Waals surface area contributed by atoms with Crippen molar-refractivity contribution >= 4 is 34.4 Å². The first-order valence-corrected chi connectivity index (χ1v) is 13.3. The number of hydrogen-bond acceptors (Lipinski definition) is 5. The number of carbonyl (C=O) groups is 2. The van der Waals surface area contributed by atoms with Gasteiger partial charge in [-0.3, -0.25) is 14.3 Å². The summed E-state index contributed by atoms with van der Waals surface area (Å²) in [6.07, 6.45) is 7.09. The van der Waals surface area contributed by atoms with Gasteiger partial charge in [-0.2, -0.15) is 5.10 Å². The number of pyridine rings is 1. The maximum atomic E-state index is 13.9. The van der Waals surface area contributed by atoms with Gasteiger partial charge in [0.1, 0.15) is 22.8 Å². The highest BCUT2D eigenvalue weighted by atomic mass is 127. The van der Waals surface area contributed by atoms with E-state index in [1.54, 1.807) is 6.07 Å². The molecule has 2 aromatic heterocycles. The van der Waals surface area contributed by atoms with E-state index in [-0.39, 0.29) is 29.4 Å². The number of halogens is 2. The van der Waals surface area contributed by atoms with E-state index in [1.165, 1.54) is 0 Å². The minimum absolute atomic E-state index is 0.0275. The highest BCUT2D eigenvalue weighted by molar-refractivity contribution is 14.1. The molecule has 2 amide bonds. The Bertz CT molecular complexity index is 1250. The van der Waals surface area contributed by atoms with Crippen LogP contribution in [0.1, 0.15) is 65.1 Å². The van der Waals surface area contributed by atoms with Crippen LogP contribution in [0.15, 0.2) is 42.6 Å². The molecule has 10 heteroatoms. The molecule has 2 aliphatic rings. The van der Waals surface area contributed by atoms with Crippen molar-refractivity contribution in [3.8, 4) is 11.6 Å². The normalized spacial score (nSPS) is 19.3. The Balaban J connectivity index is 1.16. The van der Waals surface area contributed by atoms with Crippen molar-refractivity contribution in [3.63, 3.8) is 0 Å². The van der Waals surface area contributed by atoms with Gasteiger partial charge in [0.15, 0.2) is 0 Å². The number of carbonyl (C=O) groups excluding carboxylic acids is 2. The van der Waals surface area contributed by atoms with Gasteiger partial charge in [0.05, 0.1) is 6.20 Å². The summed E-state index contributed by atoms with van der Waals surface area (Å²) in [5.41, 5.74) is 1.64. The zero-order valence-electron chi connectivity index (χ0n) is 19.7. The van der Waals surface area contributed by atoms with Gasteiger partial charge in [0, 0.05) is 27.9 Å². The predicted octanol–water partition coefficient (Wildman–Crippen LogP) is 4.62. The van der Waals surface area contributed by atoms with Crippen LogP contribution >= 0.6 is 22.6 Å². The molecule has 3 heterocycles. The molecule has 1 aliphatic heterocycles. The van der Waals surface area contributed by atoms with Crippen molar-refractivity contribution in [1.82, 2.24) is 25.4 Å². The van der Waals surface area contributed by atoms with Crippen molar-refractivity contribution in [2.75, 3.05) is 0 Å². The zero-order chi connectivity index (χ0) is 25.1.